The molecular formula is C9H13N3. The molecule has 1 aromatic heterocycles. The molecule has 0 amide bonds. The quantitative estimate of drug-likeness (QED) is 0.663. The highest BCUT2D eigenvalue weighted by molar-refractivity contribution is 5.28. The third-order valence-corrected chi connectivity index (χ3v) is 2.03. The number of nitriles is 1. The number of aromatic nitrogens is 2. The second-order valence-electron chi connectivity index (χ2n) is 2.88. The predicted octanol–water partition coefficient (Wildman–Crippen LogP) is 1.55. The van der Waals surface area contributed by atoms with Gasteiger partial charge < -0.3 is 4.57 Å². The molecule has 1 rings (SSSR count). The van der Waals surface area contributed by atoms with E-state index in [1.807, 2.05) is 18.5 Å². The van der Waals surface area contributed by atoms with Gasteiger partial charge in [0.05, 0.1) is 5.69 Å². The lowest BCUT2D eigenvalue weighted by molar-refractivity contribution is 0.762. The van der Waals surface area contributed by atoms with Crippen LogP contribution < -0.4 is 0 Å². The lowest BCUT2D eigenvalue weighted by atomic mass is 10.2. The van der Waals surface area contributed by atoms with E-state index in [-0.39, 0.29) is 0 Å². The van der Waals surface area contributed by atoms with Crippen molar-refractivity contribution in [3.8, 4) is 6.07 Å². The molecule has 1 aromatic rings. The highest BCUT2D eigenvalue weighted by atomic mass is 15.1. The largest absolute Gasteiger partial charge is 0.334 e. The summed E-state index contributed by atoms with van der Waals surface area (Å²) in [6, 6.07) is 2.11. The molecule has 0 fully saturated rings. The SMILES string of the molecule is CCCc1c(C#N)nc(C)n1C. The van der Waals surface area contributed by atoms with E-state index in [2.05, 4.69) is 18.0 Å². The smallest absolute Gasteiger partial charge is 0.161 e. The molecule has 0 N–H and O–H groups in total. The first-order chi connectivity index (χ1) is 5.70. The minimum atomic E-state index is 0.580. The molecule has 12 heavy (non-hydrogen) atoms. The first-order valence-electron chi connectivity index (χ1n) is 4.13. The maximum Gasteiger partial charge on any atom is 0.161 e. The topological polar surface area (TPSA) is 41.6 Å². The van der Waals surface area contributed by atoms with Crippen LogP contribution in [0.1, 0.15) is 30.6 Å². The van der Waals surface area contributed by atoms with Gasteiger partial charge in [-0.1, -0.05) is 13.3 Å². The van der Waals surface area contributed by atoms with E-state index in [4.69, 9.17) is 5.26 Å². The average Bonchev–Trinajstić information content (AvgIpc) is 2.33. The summed E-state index contributed by atoms with van der Waals surface area (Å²) in [7, 11) is 1.95. The average molecular weight is 163 g/mol. The minimum absolute atomic E-state index is 0.580. The van der Waals surface area contributed by atoms with Crippen LogP contribution in [0.25, 0.3) is 0 Å². The second kappa shape index (κ2) is 3.40. The fourth-order valence-corrected chi connectivity index (χ4v) is 1.27. The summed E-state index contributed by atoms with van der Waals surface area (Å²) in [5, 5.41) is 8.76. The van der Waals surface area contributed by atoms with Crippen LogP contribution in [0.3, 0.4) is 0 Å². The highest BCUT2D eigenvalue weighted by Gasteiger charge is 2.09. The summed E-state index contributed by atoms with van der Waals surface area (Å²) in [5.74, 6) is 0.912. The number of nitrogens with zero attached hydrogens (tertiary/aromatic N) is 3. The number of rotatable bonds is 2. The molecule has 0 aromatic carbocycles. The van der Waals surface area contributed by atoms with E-state index >= 15 is 0 Å². The van der Waals surface area contributed by atoms with Crippen molar-refractivity contribution in [3.63, 3.8) is 0 Å². The second-order valence-corrected chi connectivity index (χ2v) is 2.88. The van der Waals surface area contributed by atoms with Crippen LogP contribution in [-0.4, -0.2) is 9.55 Å². The van der Waals surface area contributed by atoms with Crippen LogP contribution >= 0.6 is 0 Å². The van der Waals surface area contributed by atoms with Crippen LogP contribution in [0.15, 0.2) is 0 Å². The van der Waals surface area contributed by atoms with Gasteiger partial charge in [0.2, 0.25) is 0 Å². The van der Waals surface area contributed by atoms with E-state index in [1.165, 1.54) is 0 Å². The van der Waals surface area contributed by atoms with Gasteiger partial charge in [-0.15, -0.1) is 0 Å². The first-order valence-corrected chi connectivity index (χ1v) is 4.13. The van der Waals surface area contributed by atoms with Crippen molar-refractivity contribution in [1.29, 1.82) is 5.26 Å². The van der Waals surface area contributed by atoms with E-state index in [0.717, 1.165) is 24.4 Å². The number of hydrogen-bond acceptors (Lipinski definition) is 2. The molecule has 0 spiro atoms. The molecule has 0 bridgehead atoms. The summed E-state index contributed by atoms with van der Waals surface area (Å²) in [4.78, 5) is 4.15. The van der Waals surface area contributed by atoms with Crippen molar-refractivity contribution in [1.82, 2.24) is 9.55 Å². The Morgan fingerprint density at radius 1 is 1.58 bits per heavy atom. The lowest BCUT2D eigenvalue weighted by Gasteiger charge is -2.00. The molecule has 64 valence electrons. The molecule has 3 nitrogen and oxygen atoms in total. The molecule has 1 heterocycles. The van der Waals surface area contributed by atoms with Gasteiger partial charge in [0.25, 0.3) is 0 Å². The van der Waals surface area contributed by atoms with E-state index in [1.54, 1.807) is 0 Å². The Morgan fingerprint density at radius 3 is 2.75 bits per heavy atom. The van der Waals surface area contributed by atoms with Gasteiger partial charge in [0, 0.05) is 7.05 Å². The molecule has 0 saturated heterocycles. The van der Waals surface area contributed by atoms with Crippen LogP contribution in [0.4, 0.5) is 0 Å². The Bertz CT molecular complexity index is 317. The number of aryl methyl sites for hydroxylation is 1. The summed E-state index contributed by atoms with van der Waals surface area (Å²) in [5.41, 5.74) is 1.63. The van der Waals surface area contributed by atoms with Gasteiger partial charge in [-0.3, -0.25) is 0 Å². The van der Waals surface area contributed by atoms with E-state index < -0.39 is 0 Å². The van der Waals surface area contributed by atoms with Gasteiger partial charge in [-0.25, -0.2) is 4.98 Å². The van der Waals surface area contributed by atoms with Crippen molar-refractivity contribution in [2.24, 2.45) is 7.05 Å². The van der Waals surface area contributed by atoms with Gasteiger partial charge >= 0.3 is 0 Å². The molecule has 0 radical (unpaired) electrons. The van der Waals surface area contributed by atoms with Gasteiger partial charge in [-0.05, 0) is 13.3 Å². The monoisotopic (exact) mass is 163 g/mol. The highest BCUT2D eigenvalue weighted by Crippen LogP contribution is 2.10. The third-order valence-electron chi connectivity index (χ3n) is 2.03. The van der Waals surface area contributed by atoms with Crippen LogP contribution in [0, 0.1) is 18.3 Å². The van der Waals surface area contributed by atoms with E-state index in [0.29, 0.717) is 5.69 Å². The van der Waals surface area contributed by atoms with Crippen molar-refractivity contribution in [2.75, 3.05) is 0 Å². The normalized spacial score (nSPS) is 9.83. The standard InChI is InChI=1S/C9H13N3/c1-4-5-9-8(6-10)11-7(2)12(9)3/h4-5H2,1-3H3. The fourth-order valence-electron chi connectivity index (χ4n) is 1.27. The molecule has 3 heteroatoms. The molecule has 0 aliphatic rings. The predicted molar refractivity (Wildman–Crippen MR) is 46.7 cm³/mol. The van der Waals surface area contributed by atoms with Crippen LogP contribution in [0.5, 0.6) is 0 Å². The summed E-state index contributed by atoms with van der Waals surface area (Å²) < 4.78 is 1.99. The molecule has 0 saturated carbocycles. The Kier molecular flexibility index (Phi) is 2.49. The molecule has 0 aliphatic heterocycles. The van der Waals surface area contributed by atoms with Gasteiger partial charge in [0.15, 0.2) is 5.69 Å². The van der Waals surface area contributed by atoms with E-state index in [9.17, 15) is 0 Å². The Balaban J connectivity index is 3.14. The van der Waals surface area contributed by atoms with Crippen molar-refractivity contribution in [3.05, 3.63) is 17.2 Å². The van der Waals surface area contributed by atoms with Crippen LogP contribution in [0.2, 0.25) is 0 Å². The summed E-state index contributed by atoms with van der Waals surface area (Å²) in [6.45, 7) is 4.02. The number of hydrogen-bond donors (Lipinski definition) is 0. The maximum absolute atomic E-state index is 8.76. The number of imidazole rings is 1. The zero-order valence-electron chi connectivity index (χ0n) is 7.76. The van der Waals surface area contributed by atoms with Crippen molar-refractivity contribution in [2.45, 2.75) is 26.7 Å². The van der Waals surface area contributed by atoms with Crippen molar-refractivity contribution < 1.29 is 0 Å². The maximum atomic E-state index is 8.76. The Hall–Kier alpha value is -1.30. The molecule has 0 aliphatic carbocycles. The molecular weight excluding hydrogens is 150 g/mol. The zero-order valence-corrected chi connectivity index (χ0v) is 7.76. The first kappa shape index (κ1) is 8.79. The molecule has 0 atom stereocenters. The lowest BCUT2D eigenvalue weighted by Crippen LogP contribution is -1.98. The van der Waals surface area contributed by atoms with Crippen LogP contribution in [-0.2, 0) is 13.5 Å². The van der Waals surface area contributed by atoms with Crippen molar-refractivity contribution >= 4 is 0 Å². The third kappa shape index (κ3) is 1.33. The molecule has 0 unspecified atom stereocenters. The minimum Gasteiger partial charge on any atom is -0.334 e. The van der Waals surface area contributed by atoms with Gasteiger partial charge in [-0.2, -0.15) is 5.26 Å². The summed E-state index contributed by atoms with van der Waals surface area (Å²) in [6.07, 6.45) is 1.98. The Labute approximate surface area is 72.7 Å². The summed E-state index contributed by atoms with van der Waals surface area (Å²) >= 11 is 0. The fraction of sp³-hybridized carbons (Fsp3) is 0.556. The van der Waals surface area contributed by atoms with Gasteiger partial charge in [0.1, 0.15) is 11.9 Å². The Morgan fingerprint density at radius 2 is 2.25 bits per heavy atom. The zero-order chi connectivity index (χ0) is 9.14.